The van der Waals surface area contributed by atoms with Gasteiger partial charge in [-0.2, -0.15) is 0 Å². The monoisotopic (exact) mass is 242 g/mol. The molecule has 0 unspecified atom stereocenters. The molecule has 1 heterocycles. The van der Waals surface area contributed by atoms with E-state index in [-0.39, 0.29) is 0 Å². The smallest absolute Gasteiger partial charge is 0.225 e. The molecule has 0 saturated heterocycles. The maximum atomic E-state index is 5.80. The Morgan fingerprint density at radius 3 is 2.61 bits per heavy atom. The summed E-state index contributed by atoms with van der Waals surface area (Å²) < 4.78 is 0. The molecule has 1 aromatic carbocycles. The van der Waals surface area contributed by atoms with Crippen LogP contribution in [0, 0.1) is 0 Å². The number of benzene rings is 1. The van der Waals surface area contributed by atoms with E-state index in [1.54, 1.807) is 12.4 Å². The first-order valence-electron chi connectivity index (χ1n) is 6.16. The van der Waals surface area contributed by atoms with E-state index in [0.29, 0.717) is 0 Å². The van der Waals surface area contributed by atoms with Crippen molar-refractivity contribution < 1.29 is 0 Å². The van der Waals surface area contributed by atoms with Gasteiger partial charge in [-0.05, 0) is 30.2 Å². The van der Waals surface area contributed by atoms with Crippen LogP contribution in [0.3, 0.4) is 0 Å². The minimum atomic E-state index is 0.766. The van der Waals surface area contributed by atoms with Gasteiger partial charge < -0.3 is 10.6 Å². The van der Waals surface area contributed by atoms with E-state index in [9.17, 15) is 0 Å². The van der Waals surface area contributed by atoms with Crippen molar-refractivity contribution in [3.05, 3.63) is 48.3 Å². The molecule has 1 aromatic heterocycles. The molecular weight excluding hydrogens is 224 g/mol. The number of hydrogen-bond donors (Lipinski definition) is 1. The van der Waals surface area contributed by atoms with E-state index >= 15 is 0 Å². The minimum absolute atomic E-state index is 0.766. The Balaban J connectivity index is 2.16. The van der Waals surface area contributed by atoms with Gasteiger partial charge in [-0.15, -0.1) is 0 Å². The molecule has 94 valence electrons. The van der Waals surface area contributed by atoms with Gasteiger partial charge in [0.05, 0.1) is 0 Å². The predicted octanol–water partition coefficient (Wildman–Crippen LogP) is 2.48. The van der Waals surface area contributed by atoms with Crippen molar-refractivity contribution >= 4 is 11.6 Å². The maximum Gasteiger partial charge on any atom is 0.225 e. The Morgan fingerprint density at radius 2 is 1.94 bits per heavy atom. The van der Waals surface area contributed by atoms with Crippen LogP contribution in [0.2, 0.25) is 0 Å². The Labute approximate surface area is 107 Å². The first-order valence-corrected chi connectivity index (χ1v) is 6.16. The normalized spacial score (nSPS) is 10.3. The molecule has 0 bridgehead atoms. The van der Waals surface area contributed by atoms with Gasteiger partial charge in [0.2, 0.25) is 5.95 Å². The van der Waals surface area contributed by atoms with Crippen LogP contribution in [0.4, 0.5) is 11.6 Å². The van der Waals surface area contributed by atoms with Gasteiger partial charge in [0, 0.05) is 31.2 Å². The summed E-state index contributed by atoms with van der Waals surface area (Å²) in [7, 11) is 0. The summed E-state index contributed by atoms with van der Waals surface area (Å²) in [6, 6.07) is 9.76. The first-order chi connectivity index (χ1) is 8.79. The van der Waals surface area contributed by atoms with Crippen molar-refractivity contribution in [1.29, 1.82) is 0 Å². The molecule has 2 aromatic rings. The summed E-state index contributed by atoms with van der Waals surface area (Å²) in [6.07, 6.45) is 4.59. The van der Waals surface area contributed by atoms with E-state index in [1.807, 2.05) is 24.3 Å². The molecule has 0 spiro atoms. The van der Waals surface area contributed by atoms with Crippen LogP contribution in [-0.2, 0) is 6.54 Å². The fraction of sp³-hybridized carbons (Fsp3) is 0.286. The molecular formula is C14H18N4. The summed E-state index contributed by atoms with van der Waals surface area (Å²) in [4.78, 5) is 10.8. The highest BCUT2D eigenvalue weighted by molar-refractivity contribution is 5.42. The maximum absolute atomic E-state index is 5.80. The largest absolute Gasteiger partial charge is 0.399 e. The van der Waals surface area contributed by atoms with Crippen LogP contribution in [-0.4, -0.2) is 16.5 Å². The molecule has 4 nitrogen and oxygen atoms in total. The lowest BCUT2D eigenvalue weighted by Crippen LogP contribution is -2.25. The third-order valence-corrected chi connectivity index (χ3v) is 2.65. The van der Waals surface area contributed by atoms with Crippen LogP contribution in [0.5, 0.6) is 0 Å². The predicted molar refractivity (Wildman–Crippen MR) is 74.2 cm³/mol. The SMILES string of the molecule is CCCN(Cc1cccc(N)c1)c1ncccn1. The van der Waals surface area contributed by atoms with Gasteiger partial charge in [0.1, 0.15) is 0 Å². The lowest BCUT2D eigenvalue weighted by Gasteiger charge is -2.21. The van der Waals surface area contributed by atoms with E-state index in [0.717, 1.165) is 31.1 Å². The van der Waals surface area contributed by atoms with Crippen LogP contribution >= 0.6 is 0 Å². The summed E-state index contributed by atoms with van der Waals surface area (Å²) in [5, 5.41) is 0. The van der Waals surface area contributed by atoms with Crippen molar-refractivity contribution in [1.82, 2.24) is 9.97 Å². The number of anilines is 2. The Bertz CT molecular complexity index is 484. The van der Waals surface area contributed by atoms with Crippen LogP contribution in [0.25, 0.3) is 0 Å². The van der Waals surface area contributed by atoms with Gasteiger partial charge in [0.15, 0.2) is 0 Å². The second kappa shape index (κ2) is 6.00. The number of nitrogen functional groups attached to an aromatic ring is 1. The summed E-state index contributed by atoms with van der Waals surface area (Å²) in [5.41, 5.74) is 7.76. The molecule has 0 radical (unpaired) electrons. The summed E-state index contributed by atoms with van der Waals surface area (Å²) in [6.45, 7) is 3.86. The molecule has 0 amide bonds. The van der Waals surface area contributed by atoms with Crippen molar-refractivity contribution in [2.75, 3.05) is 17.2 Å². The molecule has 18 heavy (non-hydrogen) atoms. The van der Waals surface area contributed by atoms with Gasteiger partial charge >= 0.3 is 0 Å². The topological polar surface area (TPSA) is 55.0 Å². The van der Waals surface area contributed by atoms with E-state index in [2.05, 4.69) is 27.9 Å². The summed E-state index contributed by atoms with van der Waals surface area (Å²) in [5.74, 6) is 0.766. The second-order valence-corrected chi connectivity index (χ2v) is 4.22. The number of nitrogens with two attached hydrogens (primary N) is 1. The lowest BCUT2D eigenvalue weighted by atomic mass is 10.2. The van der Waals surface area contributed by atoms with E-state index in [1.165, 1.54) is 5.56 Å². The molecule has 0 atom stereocenters. The van der Waals surface area contributed by atoms with Crippen LogP contribution in [0.1, 0.15) is 18.9 Å². The zero-order valence-electron chi connectivity index (χ0n) is 10.6. The zero-order chi connectivity index (χ0) is 12.8. The average molecular weight is 242 g/mol. The Kier molecular flexibility index (Phi) is 4.12. The molecule has 0 fully saturated rings. The Morgan fingerprint density at radius 1 is 1.17 bits per heavy atom. The fourth-order valence-corrected chi connectivity index (χ4v) is 1.89. The quantitative estimate of drug-likeness (QED) is 0.818. The second-order valence-electron chi connectivity index (χ2n) is 4.22. The highest BCUT2D eigenvalue weighted by Gasteiger charge is 2.08. The number of aromatic nitrogens is 2. The average Bonchev–Trinajstić information content (AvgIpc) is 2.39. The molecule has 2 N–H and O–H groups in total. The highest BCUT2D eigenvalue weighted by atomic mass is 15.2. The highest BCUT2D eigenvalue weighted by Crippen LogP contribution is 2.14. The molecule has 0 aliphatic carbocycles. The first kappa shape index (κ1) is 12.4. The number of nitrogens with zero attached hydrogens (tertiary/aromatic N) is 3. The van der Waals surface area contributed by atoms with Gasteiger partial charge in [-0.1, -0.05) is 19.1 Å². The van der Waals surface area contributed by atoms with Crippen molar-refractivity contribution in [3.63, 3.8) is 0 Å². The molecule has 4 heteroatoms. The molecule has 2 rings (SSSR count). The third-order valence-electron chi connectivity index (χ3n) is 2.65. The standard InChI is InChI=1S/C14H18N4/c1-2-9-18(14-16-7-4-8-17-14)11-12-5-3-6-13(15)10-12/h3-8,10H,2,9,11,15H2,1H3. The molecule has 0 aliphatic rings. The number of hydrogen-bond acceptors (Lipinski definition) is 4. The van der Waals surface area contributed by atoms with Crippen LogP contribution in [0.15, 0.2) is 42.7 Å². The zero-order valence-corrected chi connectivity index (χ0v) is 10.6. The number of rotatable bonds is 5. The van der Waals surface area contributed by atoms with Crippen LogP contribution < -0.4 is 10.6 Å². The van der Waals surface area contributed by atoms with Crippen molar-refractivity contribution in [3.8, 4) is 0 Å². The van der Waals surface area contributed by atoms with E-state index in [4.69, 9.17) is 5.73 Å². The lowest BCUT2D eigenvalue weighted by molar-refractivity contribution is 0.739. The van der Waals surface area contributed by atoms with Gasteiger partial charge in [-0.3, -0.25) is 0 Å². The van der Waals surface area contributed by atoms with E-state index < -0.39 is 0 Å². The Hall–Kier alpha value is -2.10. The van der Waals surface area contributed by atoms with Crippen molar-refractivity contribution in [2.45, 2.75) is 19.9 Å². The third kappa shape index (κ3) is 3.20. The van der Waals surface area contributed by atoms with Gasteiger partial charge in [-0.25, -0.2) is 9.97 Å². The minimum Gasteiger partial charge on any atom is -0.399 e. The summed E-state index contributed by atoms with van der Waals surface area (Å²) >= 11 is 0. The van der Waals surface area contributed by atoms with Crippen molar-refractivity contribution in [2.24, 2.45) is 0 Å². The molecule has 0 aliphatic heterocycles. The fourth-order valence-electron chi connectivity index (χ4n) is 1.89. The molecule has 0 saturated carbocycles. The van der Waals surface area contributed by atoms with Gasteiger partial charge in [0.25, 0.3) is 0 Å².